The van der Waals surface area contributed by atoms with Crippen LogP contribution >= 0.6 is 0 Å². The van der Waals surface area contributed by atoms with Gasteiger partial charge < -0.3 is 9.73 Å². The Labute approximate surface area is 168 Å². The normalized spacial score (nSPS) is 12.1. The highest BCUT2D eigenvalue weighted by molar-refractivity contribution is 5.91. The maximum Gasteiger partial charge on any atom is 0.416 e. The highest BCUT2D eigenvalue weighted by atomic mass is 19.4. The lowest BCUT2D eigenvalue weighted by Gasteiger charge is -2.20. The molecule has 7 heteroatoms. The summed E-state index contributed by atoms with van der Waals surface area (Å²) in [4.78, 5) is 6.43. The smallest absolute Gasteiger partial charge is 0.416 e. The van der Waals surface area contributed by atoms with Crippen molar-refractivity contribution in [2.75, 3.05) is 25.0 Å². The Hall–Kier alpha value is -2.54. The summed E-state index contributed by atoms with van der Waals surface area (Å²) in [6.07, 6.45) is -0.865. The van der Waals surface area contributed by atoms with Crippen LogP contribution in [-0.2, 0) is 12.7 Å². The van der Waals surface area contributed by atoms with Crippen molar-refractivity contribution >= 4 is 16.6 Å². The molecule has 0 spiro atoms. The fraction of sp³-hybridized carbons (Fsp3) is 0.409. The number of nitrogens with one attached hydrogen (secondary N) is 1. The molecule has 0 aliphatic carbocycles. The average molecular weight is 405 g/mol. The average Bonchev–Trinajstić information content (AvgIpc) is 3.09. The van der Waals surface area contributed by atoms with Crippen LogP contribution in [0.5, 0.6) is 0 Å². The van der Waals surface area contributed by atoms with E-state index in [1.165, 1.54) is 12.3 Å². The Morgan fingerprint density at radius 2 is 1.93 bits per heavy atom. The van der Waals surface area contributed by atoms with E-state index in [0.29, 0.717) is 10.9 Å². The molecule has 0 saturated carbocycles. The van der Waals surface area contributed by atoms with E-state index >= 15 is 0 Å². The second-order valence-electron chi connectivity index (χ2n) is 7.16. The maximum atomic E-state index is 12.9. The largest absolute Gasteiger partial charge is 0.465 e. The molecule has 0 radical (unpaired) electrons. The van der Waals surface area contributed by atoms with Crippen molar-refractivity contribution in [3.8, 4) is 0 Å². The number of halogens is 3. The summed E-state index contributed by atoms with van der Waals surface area (Å²) in [5, 5.41) is 4.03. The van der Waals surface area contributed by atoms with Crippen LogP contribution in [0.1, 0.15) is 36.8 Å². The summed E-state index contributed by atoms with van der Waals surface area (Å²) in [6.45, 7) is 7.48. The highest BCUT2D eigenvalue weighted by Gasteiger charge is 2.30. The number of rotatable bonds is 9. The number of pyridine rings is 1. The molecule has 29 heavy (non-hydrogen) atoms. The van der Waals surface area contributed by atoms with Crippen LogP contribution in [0.15, 0.2) is 47.0 Å². The summed E-state index contributed by atoms with van der Waals surface area (Å²) >= 11 is 0. The predicted octanol–water partition coefficient (Wildman–Crippen LogP) is 5.87. The number of nitrogens with zero attached hydrogens (tertiary/aromatic N) is 2. The first-order valence-corrected chi connectivity index (χ1v) is 9.84. The summed E-state index contributed by atoms with van der Waals surface area (Å²) in [7, 11) is 0. The zero-order valence-electron chi connectivity index (χ0n) is 16.7. The summed E-state index contributed by atoms with van der Waals surface area (Å²) in [5.74, 6) is 1.88. The topological polar surface area (TPSA) is 41.3 Å². The van der Waals surface area contributed by atoms with Gasteiger partial charge in [-0.3, -0.25) is 9.88 Å². The minimum atomic E-state index is -4.37. The molecule has 1 N–H and O–H groups in total. The first-order valence-electron chi connectivity index (χ1n) is 9.84. The van der Waals surface area contributed by atoms with E-state index in [2.05, 4.69) is 22.1 Å². The third-order valence-electron chi connectivity index (χ3n) is 4.75. The van der Waals surface area contributed by atoms with Crippen LogP contribution < -0.4 is 5.32 Å². The van der Waals surface area contributed by atoms with Gasteiger partial charge in [0, 0.05) is 30.4 Å². The van der Waals surface area contributed by atoms with Crippen molar-refractivity contribution in [3.63, 3.8) is 0 Å². The standard InChI is InChI=1S/C22H26F3N3O/c1-3-12-28(15-18-7-5-16(2)29-18)13-4-10-26-20-9-11-27-21-14-17(22(23,24)25)6-8-19(20)21/h5-9,11,14H,3-4,10,12-13,15H2,1-2H3,(H,26,27). The molecule has 0 amide bonds. The fourth-order valence-corrected chi connectivity index (χ4v) is 3.38. The number of aryl methyl sites for hydroxylation is 1. The minimum absolute atomic E-state index is 0.339. The number of fused-ring (bicyclic) bond motifs is 1. The number of hydrogen-bond donors (Lipinski definition) is 1. The second kappa shape index (κ2) is 9.31. The highest BCUT2D eigenvalue weighted by Crippen LogP contribution is 2.32. The van der Waals surface area contributed by atoms with Gasteiger partial charge in [-0.2, -0.15) is 13.2 Å². The molecule has 2 heterocycles. The first-order chi connectivity index (χ1) is 13.9. The summed E-state index contributed by atoms with van der Waals surface area (Å²) in [5.41, 5.74) is 0.455. The van der Waals surface area contributed by atoms with Gasteiger partial charge in [-0.25, -0.2) is 0 Å². The molecule has 0 aliphatic heterocycles. The molecular formula is C22H26F3N3O. The third kappa shape index (κ3) is 5.73. The minimum Gasteiger partial charge on any atom is -0.465 e. The molecule has 0 fully saturated rings. The zero-order valence-corrected chi connectivity index (χ0v) is 16.7. The van der Waals surface area contributed by atoms with Crippen molar-refractivity contribution in [2.24, 2.45) is 0 Å². The number of aromatic nitrogens is 1. The monoisotopic (exact) mass is 405 g/mol. The van der Waals surface area contributed by atoms with E-state index in [4.69, 9.17) is 4.42 Å². The third-order valence-corrected chi connectivity index (χ3v) is 4.75. The Balaban J connectivity index is 1.58. The van der Waals surface area contributed by atoms with Gasteiger partial charge in [0.05, 0.1) is 17.6 Å². The lowest BCUT2D eigenvalue weighted by atomic mass is 10.1. The Kier molecular flexibility index (Phi) is 6.79. The van der Waals surface area contributed by atoms with Crippen LogP contribution in [0, 0.1) is 6.92 Å². The molecule has 0 bridgehead atoms. The van der Waals surface area contributed by atoms with E-state index in [1.54, 1.807) is 6.07 Å². The van der Waals surface area contributed by atoms with Gasteiger partial charge >= 0.3 is 6.18 Å². The van der Waals surface area contributed by atoms with Crippen LogP contribution in [0.4, 0.5) is 18.9 Å². The summed E-state index contributed by atoms with van der Waals surface area (Å²) in [6, 6.07) is 9.45. The quantitative estimate of drug-likeness (QED) is 0.452. The lowest BCUT2D eigenvalue weighted by Crippen LogP contribution is -2.26. The molecular weight excluding hydrogens is 379 g/mol. The number of benzene rings is 1. The number of anilines is 1. The lowest BCUT2D eigenvalue weighted by molar-refractivity contribution is -0.137. The van der Waals surface area contributed by atoms with Crippen LogP contribution in [-0.4, -0.2) is 29.5 Å². The maximum absolute atomic E-state index is 12.9. The van der Waals surface area contributed by atoms with Crippen molar-refractivity contribution < 1.29 is 17.6 Å². The van der Waals surface area contributed by atoms with Gasteiger partial charge in [0.15, 0.2) is 0 Å². The Morgan fingerprint density at radius 1 is 1.10 bits per heavy atom. The molecule has 156 valence electrons. The fourth-order valence-electron chi connectivity index (χ4n) is 3.38. The van der Waals surface area contributed by atoms with E-state index in [1.807, 2.05) is 19.1 Å². The van der Waals surface area contributed by atoms with Crippen molar-refractivity contribution in [3.05, 3.63) is 59.7 Å². The second-order valence-corrected chi connectivity index (χ2v) is 7.16. The molecule has 0 atom stereocenters. The van der Waals surface area contributed by atoms with Crippen molar-refractivity contribution in [1.29, 1.82) is 0 Å². The van der Waals surface area contributed by atoms with Crippen molar-refractivity contribution in [1.82, 2.24) is 9.88 Å². The van der Waals surface area contributed by atoms with Crippen LogP contribution in [0.3, 0.4) is 0 Å². The van der Waals surface area contributed by atoms with E-state index in [-0.39, 0.29) is 0 Å². The zero-order chi connectivity index (χ0) is 20.9. The Bertz CT molecular complexity index is 936. The van der Waals surface area contributed by atoms with Gasteiger partial charge in [0.25, 0.3) is 0 Å². The SMILES string of the molecule is CCCN(CCCNc1ccnc2cc(C(F)(F)F)ccc12)Cc1ccc(C)o1. The molecule has 0 unspecified atom stereocenters. The molecule has 2 aromatic heterocycles. The van der Waals surface area contributed by atoms with Crippen LogP contribution in [0.25, 0.3) is 10.9 Å². The number of furan rings is 1. The number of hydrogen-bond acceptors (Lipinski definition) is 4. The predicted molar refractivity (Wildman–Crippen MR) is 109 cm³/mol. The summed E-state index contributed by atoms with van der Waals surface area (Å²) < 4.78 is 44.4. The Morgan fingerprint density at radius 3 is 2.62 bits per heavy atom. The van der Waals surface area contributed by atoms with Gasteiger partial charge in [-0.1, -0.05) is 13.0 Å². The molecule has 3 rings (SSSR count). The molecule has 3 aromatic rings. The molecule has 0 aliphatic rings. The van der Waals surface area contributed by atoms with E-state index < -0.39 is 11.7 Å². The number of alkyl halides is 3. The first kappa shape index (κ1) is 21.2. The van der Waals surface area contributed by atoms with E-state index in [0.717, 1.165) is 68.4 Å². The molecule has 1 aromatic carbocycles. The van der Waals surface area contributed by atoms with Gasteiger partial charge in [0.2, 0.25) is 0 Å². The van der Waals surface area contributed by atoms with Gasteiger partial charge in [-0.15, -0.1) is 0 Å². The van der Waals surface area contributed by atoms with Crippen molar-refractivity contribution in [2.45, 2.75) is 39.4 Å². The molecule has 4 nitrogen and oxygen atoms in total. The van der Waals surface area contributed by atoms with Gasteiger partial charge in [0.1, 0.15) is 11.5 Å². The van der Waals surface area contributed by atoms with Gasteiger partial charge in [-0.05, 0) is 56.6 Å². The van der Waals surface area contributed by atoms with Crippen LogP contribution in [0.2, 0.25) is 0 Å². The molecule has 0 saturated heterocycles. The van der Waals surface area contributed by atoms with E-state index in [9.17, 15) is 13.2 Å².